The predicted molar refractivity (Wildman–Crippen MR) is 150 cm³/mol. The van der Waals surface area contributed by atoms with Crippen molar-refractivity contribution in [2.75, 3.05) is 18.0 Å². The third-order valence-electron chi connectivity index (χ3n) is 8.16. The lowest BCUT2D eigenvalue weighted by Crippen LogP contribution is -2.65. The third kappa shape index (κ3) is 6.53. The van der Waals surface area contributed by atoms with Gasteiger partial charge < -0.3 is 20.6 Å². The van der Waals surface area contributed by atoms with Gasteiger partial charge in [0.2, 0.25) is 5.36 Å². The summed E-state index contributed by atoms with van der Waals surface area (Å²) in [4.78, 5) is 16.1. The molecule has 2 saturated heterocycles. The molecule has 0 radical (unpaired) electrons. The van der Waals surface area contributed by atoms with Gasteiger partial charge in [-0.15, -0.1) is 0 Å². The van der Waals surface area contributed by atoms with E-state index < -0.39 is 0 Å². The summed E-state index contributed by atoms with van der Waals surface area (Å²) in [5, 5.41) is 21.9. The topological polar surface area (TPSA) is 70.4 Å². The highest BCUT2D eigenvalue weighted by atomic mass is 16.3. The van der Waals surface area contributed by atoms with Gasteiger partial charge in [0.15, 0.2) is 6.04 Å². The molecule has 0 aromatic heterocycles. The molecule has 1 aromatic rings. The van der Waals surface area contributed by atoms with Crippen molar-refractivity contribution in [1.82, 2.24) is 15.2 Å². The van der Waals surface area contributed by atoms with Crippen LogP contribution in [0.25, 0.3) is 0 Å². The molecule has 6 heteroatoms. The van der Waals surface area contributed by atoms with Crippen LogP contribution in [0, 0.1) is 0 Å². The molecule has 0 unspecified atom stereocenters. The molecule has 2 N–H and O–H groups in total. The van der Waals surface area contributed by atoms with Crippen LogP contribution in [0.15, 0.2) is 4.79 Å². The first kappa shape index (κ1) is 29.2. The first-order chi connectivity index (χ1) is 16.5. The number of anilines is 1. The highest BCUT2D eigenvalue weighted by Gasteiger charge is 2.45. The van der Waals surface area contributed by atoms with Crippen LogP contribution >= 0.6 is 0 Å². The van der Waals surface area contributed by atoms with E-state index in [1.807, 2.05) is 0 Å². The van der Waals surface area contributed by atoms with Crippen LogP contribution in [-0.4, -0.2) is 47.3 Å². The zero-order valence-electron chi connectivity index (χ0n) is 24.9. The minimum atomic E-state index is -0.0424. The Balaban J connectivity index is 2.08. The molecular formula is C30H54N4O2. The van der Waals surface area contributed by atoms with E-state index in [2.05, 4.69) is 89.3 Å². The summed E-state index contributed by atoms with van der Waals surface area (Å²) >= 11 is 0. The molecule has 6 nitrogen and oxygen atoms in total. The van der Waals surface area contributed by atoms with E-state index in [9.17, 15) is 9.90 Å². The maximum absolute atomic E-state index is 13.9. The van der Waals surface area contributed by atoms with Gasteiger partial charge in [-0.2, -0.15) is 0 Å². The van der Waals surface area contributed by atoms with Gasteiger partial charge in [0.1, 0.15) is 6.54 Å². The zero-order valence-corrected chi connectivity index (χ0v) is 24.9. The number of rotatable bonds is 9. The average Bonchev–Trinajstić information content (AvgIpc) is 2.69. The molecule has 0 aliphatic carbocycles. The summed E-state index contributed by atoms with van der Waals surface area (Å²) in [7, 11) is 0. The fraction of sp³-hybridized carbons (Fsp3) is 0.867. The maximum Gasteiger partial charge on any atom is 0.271 e. The van der Waals surface area contributed by atoms with E-state index in [0.29, 0.717) is 11.0 Å². The summed E-state index contributed by atoms with van der Waals surface area (Å²) in [5.74, 6) is -0.0181. The standard InChI is InChI=1S/C30H54N4O2/c1-11-13-15-33(21-17-27(3,4)31-28(5,6)18-21)23-25(35)24(26(23)36)34(16-14-12-2)22-19-29(7,8)32-30(9,10)20-22/h21-22,31-32H,11-20H2,1-10H3. The minimum absolute atomic E-state index is 0.0181. The van der Waals surface area contributed by atoms with Crippen LogP contribution in [0.4, 0.5) is 5.69 Å². The molecule has 2 aliphatic heterocycles. The Hall–Kier alpha value is -1.40. The van der Waals surface area contributed by atoms with E-state index in [4.69, 9.17) is 0 Å². The quantitative estimate of drug-likeness (QED) is 0.503. The van der Waals surface area contributed by atoms with Gasteiger partial charge in [0.25, 0.3) is 5.43 Å². The molecule has 0 atom stereocenters. The summed E-state index contributed by atoms with van der Waals surface area (Å²) in [6.07, 6.45) is 7.77. The smallest absolute Gasteiger partial charge is 0.271 e. The van der Waals surface area contributed by atoms with Crippen molar-refractivity contribution >= 4 is 5.69 Å². The van der Waals surface area contributed by atoms with Crippen molar-refractivity contribution in [1.29, 1.82) is 0 Å². The van der Waals surface area contributed by atoms with Crippen molar-refractivity contribution in [3.8, 4) is 5.75 Å². The maximum atomic E-state index is 13.9. The number of hydrogen-bond acceptors (Lipinski definition) is 5. The lowest BCUT2D eigenvalue weighted by atomic mass is 9.78. The monoisotopic (exact) mass is 502 g/mol. The van der Waals surface area contributed by atoms with E-state index in [1.54, 1.807) is 0 Å². The first-order valence-corrected chi connectivity index (χ1v) is 14.5. The lowest BCUT2D eigenvalue weighted by Gasteiger charge is -2.51. The van der Waals surface area contributed by atoms with E-state index >= 15 is 0 Å². The minimum Gasteiger partial charge on any atom is -0.866 e. The van der Waals surface area contributed by atoms with Gasteiger partial charge in [-0.05, 0) is 80.4 Å². The average molecular weight is 503 g/mol. The van der Waals surface area contributed by atoms with Crippen LogP contribution in [0.5, 0.6) is 5.75 Å². The molecule has 0 amide bonds. The first-order valence-electron chi connectivity index (χ1n) is 14.5. The Morgan fingerprint density at radius 1 is 0.833 bits per heavy atom. The van der Waals surface area contributed by atoms with Gasteiger partial charge in [-0.1, -0.05) is 26.7 Å². The second kappa shape index (κ2) is 10.4. The fourth-order valence-electron chi connectivity index (χ4n) is 7.48. The zero-order chi connectivity index (χ0) is 27.1. The van der Waals surface area contributed by atoms with Crippen LogP contribution in [0.3, 0.4) is 0 Å². The Morgan fingerprint density at radius 2 is 1.31 bits per heavy atom. The van der Waals surface area contributed by atoms with Crippen LogP contribution in [-0.2, 0) is 0 Å². The van der Waals surface area contributed by atoms with Gasteiger partial charge in [0.05, 0.1) is 5.69 Å². The third-order valence-corrected chi connectivity index (χ3v) is 8.16. The normalized spacial score (nSPS) is 24.6. The lowest BCUT2D eigenvalue weighted by molar-refractivity contribution is -0.271. The molecule has 0 bridgehead atoms. The van der Waals surface area contributed by atoms with Gasteiger partial charge in [0, 0.05) is 54.0 Å². The Kier molecular flexibility index (Phi) is 8.42. The summed E-state index contributed by atoms with van der Waals surface area (Å²) < 4.78 is 2.20. The van der Waals surface area contributed by atoms with Crippen molar-refractivity contribution in [3.05, 3.63) is 15.6 Å². The Labute approximate surface area is 220 Å². The van der Waals surface area contributed by atoms with Gasteiger partial charge in [-0.25, -0.2) is 4.58 Å². The molecule has 2 fully saturated rings. The molecule has 0 saturated carbocycles. The molecule has 3 rings (SSSR count). The van der Waals surface area contributed by atoms with E-state index in [1.165, 1.54) is 0 Å². The summed E-state index contributed by atoms with van der Waals surface area (Å²) in [6, 6.07) is 0.376. The molecule has 1 aromatic carbocycles. The largest absolute Gasteiger partial charge is 0.866 e. The molecule has 0 spiro atoms. The predicted octanol–water partition coefficient (Wildman–Crippen LogP) is 3.79. The van der Waals surface area contributed by atoms with Crippen molar-refractivity contribution in [2.45, 2.75) is 155 Å². The van der Waals surface area contributed by atoms with Crippen molar-refractivity contribution in [2.24, 2.45) is 0 Å². The fourth-order valence-corrected chi connectivity index (χ4v) is 7.48. The highest BCUT2D eigenvalue weighted by Crippen LogP contribution is 2.35. The van der Waals surface area contributed by atoms with Crippen molar-refractivity contribution in [3.63, 3.8) is 0 Å². The van der Waals surface area contributed by atoms with Crippen LogP contribution < -0.4 is 36.0 Å². The van der Waals surface area contributed by atoms with E-state index in [-0.39, 0.29) is 45.4 Å². The Bertz CT molecular complexity index is 965. The van der Waals surface area contributed by atoms with E-state index in [0.717, 1.165) is 64.5 Å². The SMILES string of the molecule is CCCCN(c1c([O-])c(=[N+](CCCC)C2CC(C)(C)NC(C)(C)C2)c1=O)C1CC(C)(C)NC(C)(C)C1. The number of nitrogens with one attached hydrogen (secondary N) is 2. The molecule has 2 heterocycles. The second-order valence-corrected chi connectivity index (χ2v) is 14.4. The number of piperidine rings is 2. The number of hydrogen-bond donors (Lipinski definition) is 2. The van der Waals surface area contributed by atoms with Crippen LogP contribution in [0.2, 0.25) is 0 Å². The molecular weight excluding hydrogens is 448 g/mol. The van der Waals surface area contributed by atoms with Gasteiger partial charge >= 0.3 is 0 Å². The van der Waals surface area contributed by atoms with Crippen molar-refractivity contribution < 1.29 is 5.11 Å². The van der Waals surface area contributed by atoms with Gasteiger partial charge in [-0.3, -0.25) is 4.79 Å². The highest BCUT2D eigenvalue weighted by molar-refractivity contribution is 5.63. The summed E-state index contributed by atoms with van der Waals surface area (Å²) in [5.41, 5.74) is 0.262. The molecule has 36 heavy (non-hydrogen) atoms. The number of unbranched alkanes of at least 4 members (excludes halogenated alkanes) is 2. The van der Waals surface area contributed by atoms with Crippen LogP contribution in [0.1, 0.15) is 121 Å². The Morgan fingerprint density at radius 3 is 1.75 bits per heavy atom. The summed E-state index contributed by atoms with van der Waals surface area (Å²) in [6.45, 7) is 23.8. The second-order valence-electron chi connectivity index (χ2n) is 14.4. The molecule has 206 valence electrons. The molecule has 2 aliphatic rings. The number of nitrogens with zero attached hydrogens (tertiary/aromatic N) is 2.